The van der Waals surface area contributed by atoms with E-state index >= 15 is 0 Å². The van der Waals surface area contributed by atoms with Gasteiger partial charge in [-0.05, 0) is 30.7 Å². The van der Waals surface area contributed by atoms with E-state index < -0.39 is 23.8 Å². The number of rotatable bonds is 1. The molecule has 7 heteroatoms. The quantitative estimate of drug-likeness (QED) is 0.853. The fraction of sp³-hybridized carbons (Fsp3) is 0.250. The highest BCUT2D eigenvalue weighted by Crippen LogP contribution is 2.39. The summed E-state index contributed by atoms with van der Waals surface area (Å²) >= 11 is 3.23. The molecule has 0 saturated heterocycles. The lowest BCUT2D eigenvalue weighted by atomic mass is 10.0. The first-order valence-corrected chi connectivity index (χ1v) is 5.98. The van der Waals surface area contributed by atoms with Crippen LogP contribution in [0.25, 0.3) is 6.08 Å². The standard InChI is InChI=1S/C12H8BrF3O3/c1-5-2-9-6(4-8(5)13)3-7(11(17)18)10(19-9)12(14,15)16/h2-4,10H,1H3,(H,17,18). The summed E-state index contributed by atoms with van der Waals surface area (Å²) in [7, 11) is 0. The number of aryl methyl sites for hydroxylation is 1. The van der Waals surface area contributed by atoms with Crippen molar-refractivity contribution < 1.29 is 27.8 Å². The fourth-order valence-corrected chi connectivity index (χ4v) is 2.10. The first-order chi connectivity index (χ1) is 8.70. The summed E-state index contributed by atoms with van der Waals surface area (Å²) in [6.45, 7) is 1.70. The highest BCUT2D eigenvalue weighted by atomic mass is 79.9. The molecular weight excluding hydrogens is 329 g/mol. The van der Waals surface area contributed by atoms with Crippen molar-refractivity contribution >= 4 is 28.0 Å². The predicted molar refractivity (Wildman–Crippen MR) is 65.0 cm³/mol. The summed E-state index contributed by atoms with van der Waals surface area (Å²) in [5.41, 5.74) is 0.179. The summed E-state index contributed by atoms with van der Waals surface area (Å²) in [4.78, 5) is 10.9. The average molecular weight is 337 g/mol. The van der Waals surface area contributed by atoms with Crippen molar-refractivity contribution in [2.24, 2.45) is 0 Å². The van der Waals surface area contributed by atoms with E-state index in [1.807, 2.05) is 0 Å². The molecule has 0 spiro atoms. The van der Waals surface area contributed by atoms with E-state index in [4.69, 9.17) is 9.84 Å². The minimum atomic E-state index is -4.77. The Labute approximate surface area is 114 Å². The van der Waals surface area contributed by atoms with E-state index in [-0.39, 0.29) is 5.75 Å². The van der Waals surface area contributed by atoms with Crippen LogP contribution in [0.2, 0.25) is 0 Å². The second-order valence-electron chi connectivity index (χ2n) is 4.08. The summed E-state index contributed by atoms with van der Waals surface area (Å²) in [5, 5.41) is 8.86. The zero-order valence-corrected chi connectivity index (χ0v) is 11.2. The lowest BCUT2D eigenvalue weighted by molar-refractivity contribution is -0.187. The number of alkyl halides is 3. The Bertz CT molecular complexity index is 578. The van der Waals surface area contributed by atoms with Gasteiger partial charge in [-0.25, -0.2) is 4.79 Å². The molecule has 1 aliphatic rings. The largest absolute Gasteiger partial charge is 0.478 e. The molecule has 19 heavy (non-hydrogen) atoms. The Morgan fingerprint density at radius 1 is 1.42 bits per heavy atom. The zero-order chi connectivity index (χ0) is 14.4. The van der Waals surface area contributed by atoms with Crippen molar-refractivity contribution in [2.45, 2.75) is 19.2 Å². The second kappa shape index (κ2) is 4.56. The SMILES string of the molecule is Cc1cc2c(cc1Br)C=C(C(=O)O)C(C(F)(F)F)O2. The Morgan fingerprint density at radius 3 is 2.58 bits per heavy atom. The molecule has 0 amide bonds. The Morgan fingerprint density at radius 2 is 2.05 bits per heavy atom. The lowest BCUT2D eigenvalue weighted by Crippen LogP contribution is -2.40. The molecule has 0 radical (unpaired) electrons. The molecule has 1 aliphatic heterocycles. The molecule has 2 rings (SSSR count). The molecule has 0 aliphatic carbocycles. The third-order valence-corrected chi connectivity index (χ3v) is 3.53. The van der Waals surface area contributed by atoms with Crippen LogP contribution in [0, 0.1) is 6.92 Å². The summed E-state index contributed by atoms with van der Waals surface area (Å²) in [5.74, 6) is -1.63. The number of ether oxygens (including phenoxy) is 1. The molecule has 3 nitrogen and oxygen atoms in total. The van der Waals surface area contributed by atoms with Crippen molar-refractivity contribution in [1.29, 1.82) is 0 Å². The number of benzene rings is 1. The van der Waals surface area contributed by atoms with Gasteiger partial charge in [-0.3, -0.25) is 0 Å². The Kier molecular flexibility index (Phi) is 3.34. The van der Waals surface area contributed by atoms with E-state index in [9.17, 15) is 18.0 Å². The van der Waals surface area contributed by atoms with Crippen LogP contribution < -0.4 is 4.74 Å². The van der Waals surface area contributed by atoms with Crippen molar-refractivity contribution in [3.05, 3.63) is 33.3 Å². The van der Waals surface area contributed by atoms with Gasteiger partial charge >= 0.3 is 12.1 Å². The molecule has 1 heterocycles. The molecular formula is C12H8BrF3O3. The number of carboxylic acids is 1. The number of carboxylic acid groups (broad SMARTS) is 1. The van der Waals surface area contributed by atoms with E-state index in [2.05, 4.69) is 15.9 Å². The van der Waals surface area contributed by atoms with Gasteiger partial charge in [0.15, 0.2) is 0 Å². The van der Waals surface area contributed by atoms with Crippen LogP contribution in [-0.2, 0) is 4.79 Å². The zero-order valence-electron chi connectivity index (χ0n) is 9.58. The first kappa shape index (κ1) is 13.9. The van der Waals surface area contributed by atoms with Gasteiger partial charge in [0.2, 0.25) is 6.10 Å². The van der Waals surface area contributed by atoms with Gasteiger partial charge in [-0.1, -0.05) is 15.9 Å². The molecule has 0 saturated carbocycles. The summed E-state index contributed by atoms with van der Waals surface area (Å²) < 4.78 is 43.8. The lowest BCUT2D eigenvalue weighted by Gasteiger charge is -2.27. The maximum atomic E-state index is 12.8. The maximum absolute atomic E-state index is 12.8. The van der Waals surface area contributed by atoms with Gasteiger partial charge < -0.3 is 9.84 Å². The average Bonchev–Trinajstić information content (AvgIpc) is 2.27. The third-order valence-electron chi connectivity index (χ3n) is 2.67. The maximum Gasteiger partial charge on any atom is 0.430 e. The Balaban J connectivity index is 2.57. The van der Waals surface area contributed by atoms with E-state index in [0.29, 0.717) is 15.6 Å². The van der Waals surface area contributed by atoms with Crippen LogP contribution in [0.5, 0.6) is 5.75 Å². The number of hydrogen-bond acceptors (Lipinski definition) is 2. The third kappa shape index (κ3) is 2.60. The van der Waals surface area contributed by atoms with Crippen molar-refractivity contribution in [3.63, 3.8) is 0 Å². The smallest absolute Gasteiger partial charge is 0.430 e. The number of aliphatic carboxylic acids is 1. The molecule has 0 aromatic heterocycles. The molecule has 1 aromatic rings. The molecule has 1 N–H and O–H groups in total. The van der Waals surface area contributed by atoms with Gasteiger partial charge in [0.25, 0.3) is 0 Å². The highest BCUT2D eigenvalue weighted by Gasteiger charge is 2.48. The number of halogens is 4. The van der Waals surface area contributed by atoms with Crippen LogP contribution >= 0.6 is 15.9 Å². The van der Waals surface area contributed by atoms with Crippen LogP contribution in [0.4, 0.5) is 13.2 Å². The Hall–Kier alpha value is -1.50. The molecule has 102 valence electrons. The topological polar surface area (TPSA) is 46.5 Å². The van der Waals surface area contributed by atoms with Gasteiger partial charge in [-0.2, -0.15) is 13.2 Å². The highest BCUT2D eigenvalue weighted by molar-refractivity contribution is 9.10. The van der Waals surface area contributed by atoms with E-state index in [1.165, 1.54) is 12.1 Å². The van der Waals surface area contributed by atoms with Gasteiger partial charge in [-0.15, -0.1) is 0 Å². The number of carbonyl (C=O) groups is 1. The number of hydrogen-bond donors (Lipinski definition) is 1. The van der Waals surface area contributed by atoms with Crippen LogP contribution in [0.3, 0.4) is 0 Å². The molecule has 0 fully saturated rings. The second-order valence-corrected chi connectivity index (χ2v) is 4.94. The van der Waals surface area contributed by atoms with Crippen LogP contribution in [0.1, 0.15) is 11.1 Å². The van der Waals surface area contributed by atoms with Crippen molar-refractivity contribution in [1.82, 2.24) is 0 Å². The minimum Gasteiger partial charge on any atom is -0.478 e. The summed E-state index contributed by atoms with van der Waals surface area (Å²) in [6.07, 6.45) is -6.23. The van der Waals surface area contributed by atoms with E-state index in [1.54, 1.807) is 6.92 Å². The first-order valence-electron chi connectivity index (χ1n) is 5.18. The molecule has 1 unspecified atom stereocenters. The van der Waals surface area contributed by atoms with Crippen LogP contribution in [-0.4, -0.2) is 23.4 Å². The number of fused-ring (bicyclic) bond motifs is 1. The monoisotopic (exact) mass is 336 g/mol. The molecule has 0 bridgehead atoms. The van der Waals surface area contributed by atoms with Gasteiger partial charge in [0.05, 0.1) is 5.57 Å². The normalized spacial score (nSPS) is 18.4. The van der Waals surface area contributed by atoms with Gasteiger partial charge in [0, 0.05) is 10.0 Å². The summed E-state index contributed by atoms with van der Waals surface area (Å²) in [6, 6.07) is 2.97. The fourth-order valence-electron chi connectivity index (χ4n) is 1.74. The van der Waals surface area contributed by atoms with Crippen molar-refractivity contribution in [2.75, 3.05) is 0 Å². The molecule has 1 atom stereocenters. The van der Waals surface area contributed by atoms with Crippen molar-refractivity contribution in [3.8, 4) is 5.75 Å². The van der Waals surface area contributed by atoms with Gasteiger partial charge in [0.1, 0.15) is 5.75 Å². The molecule has 1 aromatic carbocycles. The van der Waals surface area contributed by atoms with E-state index in [0.717, 1.165) is 6.08 Å². The predicted octanol–water partition coefficient (Wildman–Crippen LogP) is 3.55. The van der Waals surface area contributed by atoms with Crippen LogP contribution in [0.15, 0.2) is 22.2 Å². The minimum absolute atomic E-state index is 0.0213.